The van der Waals surface area contributed by atoms with Crippen LogP contribution in [0.4, 0.5) is 5.82 Å². The van der Waals surface area contributed by atoms with Crippen LogP contribution in [-0.4, -0.2) is 71.0 Å². The first-order valence-corrected chi connectivity index (χ1v) is 12.3. The first kappa shape index (κ1) is 25.1. The highest BCUT2D eigenvalue weighted by Crippen LogP contribution is 2.33. The van der Waals surface area contributed by atoms with Crippen LogP contribution in [-0.2, 0) is 7.05 Å². The van der Waals surface area contributed by atoms with E-state index in [2.05, 4.69) is 20.0 Å². The van der Waals surface area contributed by atoms with Crippen molar-refractivity contribution in [3.8, 4) is 34.4 Å². The van der Waals surface area contributed by atoms with Crippen molar-refractivity contribution in [3.05, 3.63) is 72.2 Å². The largest absolute Gasteiger partial charge is 0.497 e. The smallest absolute Gasteiger partial charge is 0.272 e. The Bertz CT molecular complexity index is 1430. The summed E-state index contributed by atoms with van der Waals surface area (Å²) in [4.78, 5) is 26.4. The van der Waals surface area contributed by atoms with E-state index in [1.54, 1.807) is 32.0 Å². The summed E-state index contributed by atoms with van der Waals surface area (Å²) in [7, 11) is 4.99. The average molecular weight is 515 g/mol. The molecule has 10 heteroatoms. The maximum absolute atomic E-state index is 13.4. The molecule has 0 aliphatic carbocycles. The fourth-order valence-electron chi connectivity index (χ4n) is 4.46. The molecule has 1 fully saturated rings. The molecule has 0 radical (unpaired) electrons. The molecule has 0 N–H and O–H groups in total. The zero-order chi connectivity index (χ0) is 26.6. The van der Waals surface area contributed by atoms with Gasteiger partial charge in [-0.3, -0.25) is 9.48 Å². The third kappa shape index (κ3) is 5.24. The minimum absolute atomic E-state index is 0.0697. The molecule has 0 saturated carbocycles. The number of benzene rings is 2. The molecule has 10 nitrogen and oxygen atoms in total. The molecule has 0 spiro atoms. The number of hydrogen-bond donors (Lipinski definition) is 0. The molecule has 5 rings (SSSR count). The van der Waals surface area contributed by atoms with Gasteiger partial charge in [-0.15, -0.1) is 0 Å². The number of aromatic nitrogens is 4. The number of carbonyl (C=O) groups excluding carboxylic acids is 1. The van der Waals surface area contributed by atoms with Gasteiger partial charge in [0.1, 0.15) is 34.6 Å². The molecule has 1 aliphatic rings. The number of para-hydroxylation sites is 1. The minimum atomic E-state index is -0.0697. The van der Waals surface area contributed by atoms with Crippen molar-refractivity contribution in [2.75, 3.05) is 45.3 Å². The van der Waals surface area contributed by atoms with Crippen molar-refractivity contribution in [2.24, 2.45) is 7.05 Å². The van der Waals surface area contributed by atoms with E-state index in [9.17, 15) is 4.79 Å². The maximum atomic E-state index is 13.4. The summed E-state index contributed by atoms with van der Waals surface area (Å²) < 4.78 is 18.4. The fourth-order valence-corrected chi connectivity index (χ4v) is 4.46. The van der Waals surface area contributed by atoms with Crippen LogP contribution in [0.3, 0.4) is 0 Å². The van der Waals surface area contributed by atoms with Gasteiger partial charge < -0.3 is 24.0 Å². The maximum Gasteiger partial charge on any atom is 0.272 e. The topological polar surface area (TPSA) is 94.8 Å². The van der Waals surface area contributed by atoms with E-state index in [1.165, 1.54) is 0 Å². The van der Waals surface area contributed by atoms with E-state index in [1.807, 2.05) is 66.4 Å². The molecule has 38 heavy (non-hydrogen) atoms. The molecule has 4 aromatic rings. The number of amides is 1. The molecule has 1 amide bonds. The van der Waals surface area contributed by atoms with E-state index in [0.717, 1.165) is 11.4 Å². The van der Waals surface area contributed by atoms with Crippen LogP contribution in [0.2, 0.25) is 0 Å². The Morgan fingerprint density at radius 2 is 1.63 bits per heavy atom. The van der Waals surface area contributed by atoms with Crippen molar-refractivity contribution in [2.45, 2.75) is 6.92 Å². The van der Waals surface area contributed by atoms with Gasteiger partial charge in [0.15, 0.2) is 0 Å². The number of carbonyl (C=O) groups is 1. The minimum Gasteiger partial charge on any atom is -0.497 e. The Balaban J connectivity index is 1.29. The highest BCUT2D eigenvalue weighted by atomic mass is 16.5. The molecule has 0 unspecified atom stereocenters. The summed E-state index contributed by atoms with van der Waals surface area (Å²) in [5, 5.41) is 4.59. The van der Waals surface area contributed by atoms with Crippen molar-refractivity contribution in [3.63, 3.8) is 0 Å². The van der Waals surface area contributed by atoms with Crippen LogP contribution < -0.4 is 19.1 Å². The Morgan fingerprint density at radius 1 is 0.868 bits per heavy atom. The third-order valence-electron chi connectivity index (χ3n) is 6.44. The van der Waals surface area contributed by atoms with Crippen LogP contribution in [0, 0.1) is 6.92 Å². The Kier molecular flexibility index (Phi) is 7.12. The highest BCUT2D eigenvalue weighted by Gasteiger charge is 2.26. The lowest BCUT2D eigenvalue weighted by Crippen LogP contribution is -2.49. The van der Waals surface area contributed by atoms with Crippen LogP contribution in [0.5, 0.6) is 23.1 Å². The quantitative estimate of drug-likeness (QED) is 0.366. The van der Waals surface area contributed by atoms with Crippen molar-refractivity contribution < 1.29 is 19.0 Å². The summed E-state index contributed by atoms with van der Waals surface area (Å²) in [5.74, 6) is 3.90. The summed E-state index contributed by atoms with van der Waals surface area (Å²) in [6.45, 7) is 4.24. The predicted molar refractivity (Wildman–Crippen MR) is 143 cm³/mol. The standard InChI is InChI=1S/C28H30N6O4/c1-19-29-26(18-27(30-19)38-20-8-6-5-7-9-20)33-12-14-34(15-13-33)28(35)24-17-23(31-32(24)2)22-16-21(36-3)10-11-25(22)37-4/h5-11,16-18H,12-15H2,1-4H3. The van der Waals surface area contributed by atoms with E-state index in [-0.39, 0.29) is 5.91 Å². The number of anilines is 1. The lowest BCUT2D eigenvalue weighted by Gasteiger charge is -2.35. The molecule has 0 bridgehead atoms. The zero-order valence-corrected chi connectivity index (χ0v) is 21.9. The molecule has 0 atom stereocenters. The molecular formula is C28H30N6O4. The number of hydrogen-bond acceptors (Lipinski definition) is 8. The second-order valence-corrected chi connectivity index (χ2v) is 8.91. The van der Waals surface area contributed by atoms with Crippen molar-refractivity contribution in [1.82, 2.24) is 24.6 Å². The number of aryl methyl sites for hydroxylation is 2. The molecule has 1 saturated heterocycles. The van der Waals surface area contributed by atoms with Crippen molar-refractivity contribution in [1.29, 1.82) is 0 Å². The number of methoxy groups -OCH3 is 2. The number of piperazine rings is 1. The number of ether oxygens (including phenoxy) is 3. The van der Waals surface area contributed by atoms with Gasteiger partial charge in [0.2, 0.25) is 5.88 Å². The number of nitrogens with zero attached hydrogens (tertiary/aromatic N) is 6. The Labute approximate surface area is 221 Å². The Morgan fingerprint density at radius 3 is 2.34 bits per heavy atom. The third-order valence-corrected chi connectivity index (χ3v) is 6.44. The molecule has 2 aromatic heterocycles. The monoisotopic (exact) mass is 514 g/mol. The van der Waals surface area contributed by atoms with Crippen LogP contribution in [0.25, 0.3) is 11.3 Å². The summed E-state index contributed by atoms with van der Waals surface area (Å²) in [6.07, 6.45) is 0. The van der Waals surface area contributed by atoms with Gasteiger partial charge in [-0.1, -0.05) is 18.2 Å². The molecular weight excluding hydrogens is 484 g/mol. The SMILES string of the molecule is COc1ccc(OC)c(-c2cc(C(=O)N3CCN(c4cc(Oc5ccccc5)nc(C)n4)CC3)n(C)n2)c1. The molecule has 2 aromatic carbocycles. The lowest BCUT2D eigenvalue weighted by molar-refractivity contribution is 0.0735. The number of rotatable bonds is 7. The molecule has 1 aliphatic heterocycles. The summed E-state index contributed by atoms with van der Waals surface area (Å²) >= 11 is 0. The van der Waals surface area contributed by atoms with E-state index < -0.39 is 0 Å². The van der Waals surface area contributed by atoms with Gasteiger partial charge in [0.05, 0.1) is 19.9 Å². The molecule has 3 heterocycles. The average Bonchev–Trinajstić information content (AvgIpc) is 3.33. The molecule has 196 valence electrons. The first-order chi connectivity index (χ1) is 18.4. The summed E-state index contributed by atoms with van der Waals surface area (Å²) in [5.41, 5.74) is 1.92. The normalized spacial score (nSPS) is 13.4. The zero-order valence-electron chi connectivity index (χ0n) is 21.9. The van der Waals surface area contributed by atoms with E-state index in [0.29, 0.717) is 66.5 Å². The predicted octanol–water partition coefficient (Wildman–Crippen LogP) is 3.96. The van der Waals surface area contributed by atoms with Gasteiger partial charge in [-0.2, -0.15) is 10.1 Å². The van der Waals surface area contributed by atoms with Crippen LogP contribution in [0.15, 0.2) is 60.7 Å². The first-order valence-electron chi connectivity index (χ1n) is 12.3. The van der Waals surface area contributed by atoms with Gasteiger partial charge in [0.25, 0.3) is 5.91 Å². The van der Waals surface area contributed by atoms with Gasteiger partial charge >= 0.3 is 0 Å². The van der Waals surface area contributed by atoms with Gasteiger partial charge in [0, 0.05) is 44.9 Å². The lowest BCUT2D eigenvalue weighted by atomic mass is 10.1. The van der Waals surface area contributed by atoms with Gasteiger partial charge in [-0.05, 0) is 43.3 Å². The van der Waals surface area contributed by atoms with Crippen LogP contribution in [0.1, 0.15) is 16.3 Å². The highest BCUT2D eigenvalue weighted by molar-refractivity contribution is 5.94. The van der Waals surface area contributed by atoms with Crippen molar-refractivity contribution >= 4 is 11.7 Å². The fraction of sp³-hybridized carbons (Fsp3) is 0.286. The van der Waals surface area contributed by atoms with E-state index in [4.69, 9.17) is 14.2 Å². The van der Waals surface area contributed by atoms with Crippen LogP contribution >= 0.6 is 0 Å². The Hall–Kier alpha value is -4.60. The van der Waals surface area contributed by atoms with E-state index >= 15 is 0 Å². The second-order valence-electron chi connectivity index (χ2n) is 8.91. The second kappa shape index (κ2) is 10.8. The summed E-state index contributed by atoms with van der Waals surface area (Å²) in [6, 6.07) is 18.7. The van der Waals surface area contributed by atoms with Gasteiger partial charge in [-0.25, -0.2) is 4.98 Å².